The van der Waals surface area contributed by atoms with Crippen LogP contribution in [0.5, 0.6) is 17.2 Å². The second-order valence-corrected chi connectivity index (χ2v) is 9.82. The van der Waals surface area contributed by atoms with Crippen LogP contribution in [-0.2, 0) is 9.59 Å². The second kappa shape index (κ2) is 9.65. The number of aliphatic hydroxyl groups is 1. The molecule has 190 valence electrons. The number of nitrogens with zero attached hydrogens (tertiary/aromatic N) is 1. The molecule has 0 spiro atoms. The van der Waals surface area contributed by atoms with Crippen molar-refractivity contribution >= 4 is 46.3 Å². The first kappa shape index (κ1) is 25.0. The molecule has 0 aromatic heterocycles. The number of amides is 1. The van der Waals surface area contributed by atoms with Gasteiger partial charge < -0.3 is 19.3 Å². The third-order valence-corrected chi connectivity index (χ3v) is 7.03. The molecule has 1 saturated heterocycles. The number of Topliss-reactive ketones (excluding diaryl/α,β-unsaturated/α-hetero) is 1. The molecule has 3 aromatic carbocycles. The first-order valence-corrected chi connectivity index (χ1v) is 12.3. The van der Waals surface area contributed by atoms with Crippen LogP contribution >= 0.6 is 23.2 Å². The Labute approximate surface area is 223 Å². The molecule has 2 aliphatic heterocycles. The maximum atomic E-state index is 13.4. The molecule has 7 nitrogen and oxygen atoms in total. The van der Waals surface area contributed by atoms with Crippen molar-refractivity contribution in [1.29, 1.82) is 0 Å². The summed E-state index contributed by atoms with van der Waals surface area (Å²) < 4.78 is 16.1. The van der Waals surface area contributed by atoms with Gasteiger partial charge in [-0.3, -0.25) is 14.5 Å². The Morgan fingerprint density at radius 3 is 2.27 bits per heavy atom. The van der Waals surface area contributed by atoms with Gasteiger partial charge in [-0.05, 0) is 41.3 Å². The van der Waals surface area contributed by atoms with Gasteiger partial charge in [0.05, 0.1) is 28.8 Å². The summed E-state index contributed by atoms with van der Waals surface area (Å²) in [7, 11) is 1.42. The van der Waals surface area contributed by atoms with E-state index in [1.807, 2.05) is 24.3 Å². The number of anilines is 1. The lowest BCUT2D eigenvalue weighted by atomic mass is 9.93. The van der Waals surface area contributed by atoms with Crippen LogP contribution in [0.15, 0.2) is 60.2 Å². The summed E-state index contributed by atoms with van der Waals surface area (Å²) in [5.41, 5.74) is 2.26. The van der Waals surface area contributed by atoms with Gasteiger partial charge in [0, 0.05) is 17.3 Å². The highest BCUT2D eigenvalue weighted by Crippen LogP contribution is 2.46. The van der Waals surface area contributed by atoms with E-state index in [4.69, 9.17) is 37.4 Å². The van der Waals surface area contributed by atoms with E-state index < -0.39 is 23.5 Å². The van der Waals surface area contributed by atoms with Gasteiger partial charge in [0.15, 0.2) is 17.2 Å². The van der Waals surface area contributed by atoms with Gasteiger partial charge in [0.25, 0.3) is 11.7 Å². The molecule has 37 heavy (non-hydrogen) atoms. The van der Waals surface area contributed by atoms with Gasteiger partial charge in [-0.15, -0.1) is 0 Å². The number of methoxy groups -OCH3 is 1. The highest BCUT2D eigenvalue weighted by molar-refractivity contribution is 6.51. The predicted octanol–water partition coefficient (Wildman–Crippen LogP) is 6.48. The molecule has 1 unspecified atom stereocenters. The average molecular weight is 540 g/mol. The van der Waals surface area contributed by atoms with E-state index in [0.29, 0.717) is 22.7 Å². The zero-order chi connectivity index (χ0) is 26.4. The minimum atomic E-state index is -0.916. The van der Waals surface area contributed by atoms with Crippen molar-refractivity contribution < 1.29 is 28.9 Å². The SMILES string of the molecule is COc1c(Cl)cc(/C(O)=C2\C(=O)C(=O)N(c3ccc4c(c3)OCO4)C2c2ccc(C(C)C)cc2)cc1Cl. The van der Waals surface area contributed by atoms with E-state index >= 15 is 0 Å². The van der Waals surface area contributed by atoms with Crippen molar-refractivity contribution in [3.05, 3.63) is 86.9 Å². The van der Waals surface area contributed by atoms with Crippen molar-refractivity contribution in [2.75, 3.05) is 18.8 Å². The highest BCUT2D eigenvalue weighted by Gasteiger charge is 2.47. The van der Waals surface area contributed by atoms with Gasteiger partial charge in [-0.1, -0.05) is 61.3 Å². The number of hydrogen-bond donors (Lipinski definition) is 1. The molecule has 3 aromatic rings. The number of benzene rings is 3. The average Bonchev–Trinajstić information content (AvgIpc) is 3.45. The number of hydrogen-bond acceptors (Lipinski definition) is 6. The first-order chi connectivity index (χ1) is 17.7. The Balaban J connectivity index is 1.70. The number of rotatable bonds is 5. The van der Waals surface area contributed by atoms with E-state index in [1.54, 1.807) is 18.2 Å². The van der Waals surface area contributed by atoms with Crippen molar-refractivity contribution in [2.45, 2.75) is 25.8 Å². The van der Waals surface area contributed by atoms with Crippen molar-refractivity contribution in [1.82, 2.24) is 0 Å². The van der Waals surface area contributed by atoms with Crippen LogP contribution in [0, 0.1) is 0 Å². The van der Waals surface area contributed by atoms with Crippen LogP contribution in [0.4, 0.5) is 5.69 Å². The third kappa shape index (κ3) is 4.28. The molecule has 0 saturated carbocycles. The lowest BCUT2D eigenvalue weighted by molar-refractivity contribution is -0.132. The molecule has 2 heterocycles. The summed E-state index contributed by atoms with van der Waals surface area (Å²) in [5, 5.41) is 11.7. The van der Waals surface area contributed by atoms with Crippen molar-refractivity contribution in [3.8, 4) is 17.2 Å². The summed E-state index contributed by atoms with van der Waals surface area (Å²) in [6.07, 6.45) is 0. The lowest BCUT2D eigenvalue weighted by Crippen LogP contribution is -2.29. The number of aliphatic hydroxyl groups excluding tert-OH is 1. The van der Waals surface area contributed by atoms with Crippen LogP contribution in [0.3, 0.4) is 0 Å². The number of halogens is 2. The van der Waals surface area contributed by atoms with Crippen LogP contribution in [0.2, 0.25) is 10.0 Å². The van der Waals surface area contributed by atoms with Crippen LogP contribution in [0.25, 0.3) is 5.76 Å². The largest absolute Gasteiger partial charge is 0.507 e. The van der Waals surface area contributed by atoms with Gasteiger partial charge in [0.1, 0.15) is 5.76 Å². The normalized spacial score (nSPS) is 18.1. The molecule has 2 aliphatic rings. The number of ether oxygens (including phenoxy) is 3. The van der Waals surface area contributed by atoms with Gasteiger partial charge in [0.2, 0.25) is 6.79 Å². The summed E-state index contributed by atoms with van der Waals surface area (Å²) in [6.45, 7) is 4.21. The molecule has 9 heteroatoms. The number of ketones is 1. The van der Waals surface area contributed by atoms with Crippen molar-refractivity contribution in [3.63, 3.8) is 0 Å². The Kier molecular flexibility index (Phi) is 6.52. The predicted molar refractivity (Wildman–Crippen MR) is 141 cm³/mol. The zero-order valence-electron chi connectivity index (χ0n) is 20.2. The fourth-order valence-electron chi connectivity index (χ4n) is 4.56. The van der Waals surface area contributed by atoms with Crippen LogP contribution < -0.4 is 19.1 Å². The smallest absolute Gasteiger partial charge is 0.300 e. The minimum absolute atomic E-state index is 0.0662. The van der Waals surface area contributed by atoms with E-state index in [9.17, 15) is 14.7 Å². The summed E-state index contributed by atoms with van der Waals surface area (Å²) >= 11 is 12.6. The van der Waals surface area contributed by atoms with E-state index in [1.165, 1.54) is 24.1 Å². The maximum absolute atomic E-state index is 13.4. The standard InChI is InChI=1S/C28H23Cl2NO6/c1-14(2)15-4-6-16(7-5-15)24-23(25(32)17-10-19(29)27(35-3)20(30)11-17)26(33)28(34)31(24)18-8-9-21-22(12-18)37-13-36-21/h4-12,14,24,32H,13H2,1-3H3/b25-23+. The minimum Gasteiger partial charge on any atom is -0.507 e. The zero-order valence-corrected chi connectivity index (χ0v) is 21.8. The molecular formula is C28H23Cl2NO6. The van der Waals surface area contributed by atoms with Crippen molar-refractivity contribution in [2.24, 2.45) is 0 Å². The first-order valence-electron chi connectivity index (χ1n) is 11.5. The number of fused-ring (bicyclic) bond motifs is 1. The molecule has 0 aliphatic carbocycles. The lowest BCUT2D eigenvalue weighted by Gasteiger charge is -2.26. The summed E-state index contributed by atoms with van der Waals surface area (Å²) in [6, 6.07) is 14.6. The second-order valence-electron chi connectivity index (χ2n) is 9.00. The van der Waals surface area contributed by atoms with E-state index in [-0.39, 0.29) is 39.6 Å². The summed E-state index contributed by atoms with van der Waals surface area (Å²) in [4.78, 5) is 28.2. The van der Waals surface area contributed by atoms with E-state index in [2.05, 4.69) is 13.8 Å². The fraction of sp³-hybridized carbons (Fsp3) is 0.214. The highest BCUT2D eigenvalue weighted by atomic mass is 35.5. The Morgan fingerprint density at radius 2 is 1.65 bits per heavy atom. The van der Waals surface area contributed by atoms with Gasteiger partial charge >= 0.3 is 0 Å². The third-order valence-electron chi connectivity index (χ3n) is 6.47. The van der Waals surface area contributed by atoms with Crippen LogP contribution in [0.1, 0.15) is 42.5 Å². The molecule has 1 atom stereocenters. The van der Waals surface area contributed by atoms with Gasteiger partial charge in [-0.2, -0.15) is 0 Å². The number of carbonyl (C=O) groups is 2. The molecule has 0 bridgehead atoms. The molecule has 1 N–H and O–H groups in total. The monoisotopic (exact) mass is 539 g/mol. The molecule has 1 fully saturated rings. The van der Waals surface area contributed by atoms with E-state index in [0.717, 1.165) is 5.56 Å². The summed E-state index contributed by atoms with van der Waals surface area (Å²) in [5.74, 6) is -0.492. The molecule has 1 amide bonds. The Bertz CT molecular complexity index is 1420. The molecule has 5 rings (SSSR count). The quantitative estimate of drug-likeness (QED) is 0.227. The Morgan fingerprint density at radius 1 is 1.00 bits per heavy atom. The topological polar surface area (TPSA) is 85.3 Å². The maximum Gasteiger partial charge on any atom is 0.300 e. The van der Waals surface area contributed by atoms with Crippen LogP contribution in [-0.4, -0.2) is 30.7 Å². The molecular weight excluding hydrogens is 517 g/mol. The Hall–Kier alpha value is -3.68. The molecule has 0 radical (unpaired) electrons. The number of carbonyl (C=O) groups excluding carboxylic acids is 2. The fourth-order valence-corrected chi connectivity index (χ4v) is 5.20. The van der Waals surface area contributed by atoms with Gasteiger partial charge in [-0.25, -0.2) is 0 Å².